The first-order valence-corrected chi connectivity index (χ1v) is 4.92. The summed E-state index contributed by atoms with van der Waals surface area (Å²) in [5.41, 5.74) is 1.18. The number of benzene rings is 2. The highest BCUT2D eigenvalue weighted by molar-refractivity contribution is 6.04. The van der Waals surface area contributed by atoms with Crippen LogP contribution in [0.1, 0.15) is 15.9 Å². The standard InChI is InChI=1S/C13H12O3/c1-8-4-3-5-10-11(8)6-9(16-2)7-12(10)13(14)15/h3-7H,1-2H3,(H,14,15)/p-1. The Kier molecular flexibility index (Phi) is 2.52. The van der Waals surface area contributed by atoms with Crippen molar-refractivity contribution in [2.24, 2.45) is 0 Å². The molecule has 0 heterocycles. The fourth-order valence-corrected chi connectivity index (χ4v) is 1.80. The average Bonchev–Trinajstić information content (AvgIpc) is 2.28. The van der Waals surface area contributed by atoms with Crippen molar-refractivity contribution < 1.29 is 14.6 Å². The third-order valence-electron chi connectivity index (χ3n) is 2.64. The number of fused-ring (bicyclic) bond motifs is 1. The third-order valence-corrected chi connectivity index (χ3v) is 2.64. The molecular formula is C13H11O3-. The molecule has 0 fully saturated rings. The molecule has 0 amide bonds. The van der Waals surface area contributed by atoms with Crippen LogP contribution in [0.3, 0.4) is 0 Å². The monoisotopic (exact) mass is 215 g/mol. The summed E-state index contributed by atoms with van der Waals surface area (Å²) in [4.78, 5) is 11.0. The van der Waals surface area contributed by atoms with Crippen molar-refractivity contribution in [3.05, 3.63) is 41.5 Å². The van der Waals surface area contributed by atoms with Crippen LogP contribution in [0.4, 0.5) is 0 Å². The summed E-state index contributed by atoms with van der Waals surface area (Å²) >= 11 is 0. The minimum absolute atomic E-state index is 0.165. The Morgan fingerprint density at radius 2 is 2.00 bits per heavy atom. The van der Waals surface area contributed by atoms with Gasteiger partial charge in [-0.3, -0.25) is 0 Å². The van der Waals surface area contributed by atoms with Crippen LogP contribution in [0.15, 0.2) is 30.3 Å². The van der Waals surface area contributed by atoms with E-state index >= 15 is 0 Å². The molecule has 0 radical (unpaired) electrons. The molecule has 0 atom stereocenters. The van der Waals surface area contributed by atoms with Crippen LogP contribution < -0.4 is 9.84 Å². The van der Waals surface area contributed by atoms with Crippen molar-refractivity contribution >= 4 is 16.7 Å². The molecule has 3 heteroatoms. The first-order valence-electron chi connectivity index (χ1n) is 4.92. The van der Waals surface area contributed by atoms with Crippen LogP contribution in [0, 0.1) is 6.92 Å². The lowest BCUT2D eigenvalue weighted by Crippen LogP contribution is -2.22. The molecule has 2 aromatic carbocycles. The van der Waals surface area contributed by atoms with Gasteiger partial charge in [0.25, 0.3) is 0 Å². The lowest BCUT2D eigenvalue weighted by Gasteiger charge is -2.11. The zero-order valence-corrected chi connectivity index (χ0v) is 9.11. The Hall–Kier alpha value is -2.03. The highest BCUT2D eigenvalue weighted by Gasteiger charge is 2.06. The van der Waals surface area contributed by atoms with Gasteiger partial charge in [-0.2, -0.15) is 0 Å². The maximum atomic E-state index is 11.0. The predicted octanol–water partition coefficient (Wildman–Crippen LogP) is 1.52. The van der Waals surface area contributed by atoms with E-state index in [0.717, 1.165) is 10.9 Å². The van der Waals surface area contributed by atoms with E-state index in [2.05, 4.69) is 0 Å². The van der Waals surface area contributed by atoms with Crippen molar-refractivity contribution in [1.29, 1.82) is 0 Å². The van der Waals surface area contributed by atoms with Crippen molar-refractivity contribution in [1.82, 2.24) is 0 Å². The van der Waals surface area contributed by atoms with Crippen molar-refractivity contribution in [3.8, 4) is 5.75 Å². The molecule has 2 rings (SSSR count). The van der Waals surface area contributed by atoms with Crippen LogP contribution >= 0.6 is 0 Å². The lowest BCUT2D eigenvalue weighted by atomic mass is 10.0. The second-order valence-corrected chi connectivity index (χ2v) is 3.63. The number of aryl methyl sites for hydroxylation is 1. The van der Waals surface area contributed by atoms with Gasteiger partial charge in [0.2, 0.25) is 0 Å². The van der Waals surface area contributed by atoms with E-state index in [9.17, 15) is 9.90 Å². The Morgan fingerprint density at radius 3 is 2.62 bits per heavy atom. The number of rotatable bonds is 2. The van der Waals surface area contributed by atoms with E-state index in [1.54, 1.807) is 6.07 Å². The highest BCUT2D eigenvalue weighted by atomic mass is 16.5. The van der Waals surface area contributed by atoms with Gasteiger partial charge in [-0.1, -0.05) is 18.2 Å². The first kappa shape index (κ1) is 10.5. The van der Waals surface area contributed by atoms with Crippen LogP contribution in [0.25, 0.3) is 10.8 Å². The molecule has 0 saturated heterocycles. The summed E-state index contributed by atoms with van der Waals surface area (Å²) < 4.78 is 5.08. The third kappa shape index (κ3) is 1.60. The van der Waals surface area contributed by atoms with Gasteiger partial charge in [0.1, 0.15) is 5.75 Å². The molecule has 3 nitrogen and oxygen atoms in total. The summed E-state index contributed by atoms with van der Waals surface area (Å²) in [6.45, 7) is 1.93. The van der Waals surface area contributed by atoms with Gasteiger partial charge in [0.05, 0.1) is 13.1 Å². The van der Waals surface area contributed by atoms with Crippen LogP contribution in [0.5, 0.6) is 5.75 Å². The maximum Gasteiger partial charge on any atom is 0.120 e. The Bertz CT molecular complexity index is 558. The summed E-state index contributed by atoms with van der Waals surface area (Å²) in [6, 6.07) is 8.85. The normalized spacial score (nSPS) is 10.4. The Morgan fingerprint density at radius 1 is 1.25 bits per heavy atom. The van der Waals surface area contributed by atoms with Crippen LogP contribution in [-0.2, 0) is 0 Å². The number of hydrogen-bond donors (Lipinski definition) is 0. The predicted molar refractivity (Wildman–Crippen MR) is 59.6 cm³/mol. The van der Waals surface area contributed by atoms with Crippen LogP contribution in [-0.4, -0.2) is 13.1 Å². The largest absolute Gasteiger partial charge is 0.545 e. The van der Waals surface area contributed by atoms with E-state index in [1.165, 1.54) is 13.2 Å². The quantitative estimate of drug-likeness (QED) is 0.763. The molecule has 0 aliphatic rings. The smallest absolute Gasteiger partial charge is 0.120 e. The van der Waals surface area contributed by atoms with E-state index in [4.69, 9.17) is 4.74 Å². The Labute approximate surface area is 93.3 Å². The number of carbonyl (C=O) groups excluding carboxylic acids is 1. The molecule has 0 aromatic heterocycles. The summed E-state index contributed by atoms with van der Waals surface area (Å²) in [6.07, 6.45) is 0. The van der Waals surface area contributed by atoms with Gasteiger partial charge >= 0.3 is 0 Å². The zero-order valence-electron chi connectivity index (χ0n) is 9.11. The lowest BCUT2D eigenvalue weighted by molar-refractivity contribution is -0.254. The van der Waals surface area contributed by atoms with E-state index in [1.807, 2.05) is 25.1 Å². The maximum absolute atomic E-state index is 11.0. The summed E-state index contributed by atoms with van der Waals surface area (Å²) in [7, 11) is 1.51. The summed E-state index contributed by atoms with van der Waals surface area (Å²) in [5, 5.41) is 12.6. The van der Waals surface area contributed by atoms with Gasteiger partial charge < -0.3 is 14.6 Å². The molecule has 0 unspecified atom stereocenters. The SMILES string of the molecule is COc1cc(C(=O)[O-])c2cccc(C)c2c1. The summed E-state index contributed by atoms with van der Waals surface area (Å²) in [5.74, 6) is -0.657. The molecule has 16 heavy (non-hydrogen) atoms. The van der Waals surface area contributed by atoms with E-state index in [-0.39, 0.29) is 5.56 Å². The van der Waals surface area contributed by atoms with Crippen molar-refractivity contribution in [3.63, 3.8) is 0 Å². The van der Waals surface area contributed by atoms with Gasteiger partial charge in [0, 0.05) is 5.56 Å². The first-order chi connectivity index (χ1) is 7.63. The second kappa shape index (κ2) is 3.85. The second-order valence-electron chi connectivity index (χ2n) is 3.63. The van der Waals surface area contributed by atoms with Gasteiger partial charge in [-0.05, 0) is 35.4 Å². The average molecular weight is 215 g/mol. The van der Waals surface area contributed by atoms with Crippen molar-refractivity contribution in [2.75, 3.05) is 7.11 Å². The number of hydrogen-bond acceptors (Lipinski definition) is 3. The molecule has 0 aliphatic heterocycles. The Balaban J connectivity index is 2.87. The molecule has 0 aliphatic carbocycles. The van der Waals surface area contributed by atoms with Gasteiger partial charge in [-0.25, -0.2) is 0 Å². The van der Waals surface area contributed by atoms with Gasteiger partial charge in [0.15, 0.2) is 0 Å². The highest BCUT2D eigenvalue weighted by Crippen LogP contribution is 2.27. The number of carboxylic acids is 1. The number of ether oxygens (including phenoxy) is 1. The fourth-order valence-electron chi connectivity index (χ4n) is 1.80. The van der Waals surface area contributed by atoms with Crippen molar-refractivity contribution in [2.45, 2.75) is 6.92 Å². The molecule has 0 bridgehead atoms. The minimum atomic E-state index is -1.19. The number of aromatic carboxylic acids is 1. The topological polar surface area (TPSA) is 49.4 Å². The number of methoxy groups -OCH3 is 1. The molecule has 0 spiro atoms. The zero-order chi connectivity index (χ0) is 11.7. The number of carbonyl (C=O) groups is 1. The van der Waals surface area contributed by atoms with Crippen LogP contribution in [0.2, 0.25) is 0 Å². The molecule has 82 valence electrons. The minimum Gasteiger partial charge on any atom is -0.545 e. The molecule has 2 aromatic rings. The van der Waals surface area contributed by atoms with Gasteiger partial charge in [-0.15, -0.1) is 0 Å². The fraction of sp³-hybridized carbons (Fsp3) is 0.154. The molecular weight excluding hydrogens is 204 g/mol. The number of carboxylic acid groups (broad SMARTS) is 1. The van der Waals surface area contributed by atoms with E-state index in [0.29, 0.717) is 11.1 Å². The van der Waals surface area contributed by atoms with E-state index < -0.39 is 5.97 Å². The molecule has 0 saturated carbocycles. The molecule has 0 N–H and O–H groups in total.